The van der Waals surface area contributed by atoms with E-state index in [9.17, 15) is 9.90 Å². The molecular weight excluding hydrogens is 252 g/mol. The van der Waals surface area contributed by atoms with Gasteiger partial charge in [0.25, 0.3) is 5.56 Å². The van der Waals surface area contributed by atoms with Gasteiger partial charge in [0.05, 0.1) is 11.1 Å². The lowest BCUT2D eigenvalue weighted by atomic mass is 10.0. The molecule has 2 aromatic carbocycles. The molecule has 0 unspecified atom stereocenters. The van der Waals surface area contributed by atoms with Gasteiger partial charge in [-0.3, -0.25) is 4.79 Å². The summed E-state index contributed by atoms with van der Waals surface area (Å²) in [5, 5.41) is 17.9. The summed E-state index contributed by atoms with van der Waals surface area (Å²) in [6, 6.07) is 12.7. The molecule has 0 amide bonds. The molecule has 1 aromatic heterocycles. The van der Waals surface area contributed by atoms with E-state index in [1.807, 2.05) is 37.3 Å². The fourth-order valence-electron chi connectivity index (χ4n) is 2.35. The molecule has 0 saturated carbocycles. The Kier molecular flexibility index (Phi) is 2.99. The van der Waals surface area contributed by atoms with E-state index < -0.39 is 0 Å². The first-order chi connectivity index (χ1) is 9.70. The van der Waals surface area contributed by atoms with Gasteiger partial charge < -0.3 is 5.11 Å². The highest BCUT2D eigenvalue weighted by Crippen LogP contribution is 2.28. The van der Waals surface area contributed by atoms with Gasteiger partial charge in [0.1, 0.15) is 5.75 Å². The highest BCUT2D eigenvalue weighted by atomic mass is 16.3. The SMILES string of the molecule is CCc1cc(-c2n[nH]c(=O)c3ccccc23)ccc1O. The maximum Gasteiger partial charge on any atom is 0.272 e. The minimum absolute atomic E-state index is 0.196. The molecular formula is C16H14N2O2. The lowest BCUT2D eigenvalue weighted by Gasteiger charge is -2.08. The number of hydrogen-bond donors (Lipinski definition) is 2. The maximum absolute atomic E-state index is 11.8. The highest BCUT2D eigenvalue weighted by Gasteiger charge is 2.10. The molecule has 4 nitrogen and oxygen atoms in total. The van der Waals surface area contributed by atoms with Gasteiger partial charge in [0.2, 0.25) is 0 Å². The average Bonchev–Trinajstić information content (AvgIpc) is 2.49. The third kappa shape index (κ3) is 1.95. The molecule has 0 spiro atoms. The average molecular weight is 266 g/mol. The number of aryl methyl sites for hydroxylation is 1. The van der Waals surface area contributed by atoms with Crippen molar-refractivity contribution in [2.75, 3.05) is 0 Å². The molecule has 0 aliphatic rings. The molecule has 0 fully saturated rings. The van der Waals surface area contributed by atoms with Crippen LogP contribution in [0, 0.1) is 0 Å². The normalized spacial score (nSPS) is 10.8. The Morgan fingerprint density at radius 2 is 1.90 bits per heavy atom. The second kappa shape index (κ2) is 4.81. The van der Waals surface area contributed by atoms with E-state index in [4.69, 9.17) is 0 Å². The molecule has 1 heterocycles. The quantitative estimate of drug-likeness (QED) is 0.749. The molecule has 3 rings (SSSR count). The molecule has 0 aliphatic heterocycles. The molecule has 20 heavy (non-hydrogen) atoms. The Bertz CT molecular complexity index is 837. The molecule has 3 aromatic rings. The first-order valence-corrected chi connectivity index (χ1v) is 6.50. The van der Waals surface area contributed by atoms with Crippen LogP contribution in [0.4, 0.5) is 0 Å². The Morgan fingerprint density at radius 3 is 2.65 bits per heavy atom. The van der Waals surface area contributed by atoms with Crippen molar-refractivity contribution in [3.05, 3.63) is 58.4 Å². The van der Waals surface area contributed by atoms with Gasteiger partial charge in [-0.15, -0.1) is 0 Å². The lowest BCUT2D eigenvalue weighted by Crippen LogP contribution is -2.09. The van der Waals surface area contributed by atoms with Crippen molar-refractivity contribution in [1.82, 2.24) is 10.2 Å². The maximum atomic E-state index is 11.8. The summed E-state index contributed by atoms with van der Waals surface area (Å²) in [4.78, 5) is 11.8. The van der Waals surface area contributed by atoms with Crippen molar-refractivity contribution in [1.29, 1.82) is 0 Å². The predicted molar refractivity (Wildman–Crippen MR) is 78.8 cm³/mol. The van der Waals surface area contributed by atoms with E-state index in [-0.39, 0.29) is 11.3 Å². The molecule has 100 valence electrons. The Hall–Kier alpha value is -2.62. The standard InChI is InChI=1S/C16H14N2O2/c1-2-10-9-11(7-8-14(10)19)15-12-5-3-4-6-13(12)16(20)18-17-15/h3-9,19H,2H2,1H3,(H,18,20). The van der Waals surface area contributed by atoms with Gasteiger partial charge in [-0.2, -0.15) is 5.10 Å². The summed E-state index contributed by atoms with van der Waals surface area (Å²) >= 11 is 0. The summed E-state index contributed by atoms with van der Waals surface area (Å²) < 4.78 is 0. The zero-order valence-electron chi connectivity index (χ0n) is 11.1. The van der Waals surface area contributed by atoms with Gasteiger partial charge >= 0.3 is 0 Å². The number of phenolic OH excluding ortho intramolecular Hbond substituents is 1. The van der Waals surface area contributed by atoms with Crippen LogP contribution in [0.1, 0.15) is 12.5 Å². The number of hydrogen-bond acceptors (Lipinski definition) is 3. The van der Waals surface area contributed by atoms with Crippen LogP contribution in [0.25, 0.3) is 22.0 Å². The fourth-order valence-corrected chi connectivity index (χ4v) is 2.35. The Balaban J connectivity index is 2.30. The molecule has 2 N–H and O–H groups in total. The van der Waals surface area contributed by atoms with E-state index in [0.717, 1.165) is 28.6 Å². The third-order valence-corrected chi connectivity index (χ3v) is 3.43. The van der Waals surface area contributed by atoms with Crippen LogP contribution in [0.15, 0.2) is 47.3 Å². The number of benzene rings is 2. The van der Waals surface area contributed by atoms with Gasteiger partial charge in [-0.1, -0.05) is 25.1 Å². The summed E-state index contributed by atoms with van der Waals surface area (Å²) in [5.41, 5.74) is 2.26. The van der Waals surface area contributed by atoms with E-state index in [2.05, 4.69) is 10.2 Å². The van der Waals surface area contributed by atoms with Crippen molar-refractivity contribution < 1.29 is 5.11 Å². The van der Waals surface area contributed by atoms with Crippen molar-refractivity contribution in [3.63, 3.8) is 0 Å². The largest absolute Gasteiger partial charge is 0.508 e. The van der Waals surface area contributed by atoms with E-state index in [1.54, 1.807) is 12.1 Å². The summed E-state index contributed by atoms with van der Waals surface area (Å²) in [6.45, 7) is 1.98. The van der Waals surface area contributed by atoms with Crippen LogP contribution in [-0.2, 0) is 6.42 Å². The molecule has 0 radical (unpaired) electrons. The second-order valence-corrected chi connectivity index (χ2v) is 4.64. The summed E-state index contributed by atoms with van der Waals surface area (Å²) in [5.74, 6) is 0.282. The monoisotopic (exact) mass is 266 g/mol. The van der Waals surface area contributed by atoms with Crippen LogP contribution in [0.5, 0.6) is 5.75 Å². The number of aromatic nitrogens is 2. The smallest absolute Gasteiger partial charge is 0.272 e. The van der Waals surface area contributed by atoms with Gasteiger partial charge in [0.15, 0.2) is 0 Å². The summed E-state index contributed by atoms with van der Waals surface area (Å²) in [6.07, 6.45) is 0.737. The number of nitrogens with one attached hydrogen (secondary N) is 1. The zero-order chi connectivity index (χ0) is 14.1. The fraction of sp³-hybridized carbons (Fsp3) is 0.125. The molecule has 0 atom stereocenters. The predicted octanol–water partition coefficient (Wildman–Crippen LogP) is 2.86. The van der Waals surface area contributed by atoms with Crippen molar-refractivity contribution in [2.24, 2.45) is 0 Å². The van der Waals surface area contributed by atoms with Crippen LogP contribution < -0.4 is 5.56 Å². The lowest BCUT2D eigenvalue weighted by molar-refractivity contribution is 0.469. The third-order valence-electron chi connectivity index (χ3n) is 3.43. The van der Waals surface area contributed by atoms with Crippen LogP contribution in [0.3, 0.4) is 0 Å². The van der Waals surface area contributed by atoms with Crippen molar-refractivity contribution >= 4 is 10.8 Å². The summed E-state index contributed by atoms with van der Waals surface area (Å²) in [7, 11) is 0. The molecule has 4 heteroatoms. The Morgan fingerprint density at radius 1 is 1.15 bits per heavy atom. The van der Waals surface area contributed by atoms with E-state index >= 15 is 0 Å². The second-order valence-electron chi connectivity index (χ2n) is 4.64. The first-order valence-electron chi connectivity index (χ1n) is 6.50. The molecule has 0 saturated heterocycles. The van der Waals surface area contributed by atoms with Crippen molar-refractivity contribution in [3.8, 4) is 17.0 Å². The van der Waals surface area contributed by atoms with Gasteiger partial charge in [-0.25, -0.2) is 5.10 Å². The number of fused-ring (bicyclic) bond motifs is 1. The first kappa shape index (κ1) is 12.4. The number of rotatable bonds is 2. The number of phenols is 1. The Labute approximate surface area is 115 Å². The van der Waals surface area contributed by atoms with Gasteiger partial charge in [-0.05, 0) is 36.2 Å². The minimum atomic E-state index is -0.196. The number of aromatic amines is 1. The van der Waals surface area contributed by atoms with Crippen LogP contribution >= 0.6 is 0 Å². The van der Waals surface area contributed by atoms with Gasteiger partial charge in [0, 0.05) is 10.9 Å². The van der Waals surface area contributed by atoms with E-state index in [0.29, 0.717) is 5.39 Å². The minimum Gasteiger partial charge on any atom is -0.508 e. The molecule has 0 bridgehead atoms. The number of H-pyrrole nitrogens is 1. The highest BCUT2D eigenvalue weighted by molar-refractivity contribution is 5.93. The molecule has 0 aliphatic carbocycles. The number of aromatic hydroxyl groups is 1. The van der Waals surface area contributed by atoms with Crippen molar-refractivity contribution in [2.45, 2.75) is 13.3 Å². The number of nitrogens with zero attached hydrogens (tertiary/aromatic N) is 1. The van der Waals surface area contributed by atoms with Crippen LogP contribution in [-0.4, -0.2) is 15.3 Å². The topological polar surface area (TPSA) is 66.0 Å². The van der Waals surface area contributed by atoms with Crippen LogP contribution in [0.2, 0.25) is 0 Å². The zero-order valence-corrected chi connectivity index (χ0v) is 11.1. The van der Waals surface area contributed by atoms with E-state index in [1.165, 1.54) is 0 Å².